The van der Waals surface area contributed by atoms with Crippen LogP contribution in [0.5, 0.6) is 0 Å². The second-order valence-corrected chi connectivity index (χ2v) is 3.82. The van der Waals surface area contributed by atoms with Crippen LogP contribution in [0.4, 0.5) is 13.2 Å². The molecule has 0 atom stereocenters. The summed E-state index contributed by atoms with van der Waals surface area (Å²) in [6.45, 7) is 0.0506. The van der Waals surface area contributed by atoms with E-state index in [1.54, 1.807) is 0 Å². The van der Waals surface area contributed by atoms with Crippen LogP contribution in [0.1, 0.15) is 5.56 Å². The van der Waals surface area contributed by atoms with Crippen LogP contribution in [0, 0.1) is 0 Å². The zero-order valence-electron chi connectivity index (χ0n) is 10.5. The Kier molecular flexibility index (Phi) is 7.47. The summed E-state index contributed by atoms with van der Waals surface area (Å²) in [6, 6.07) is 9.67. The molecule has 108 valence electrons. The molecule has 0 fully saturated rings. The summed E-state index contributed by atoms with van der Waals surface area (Å²) >= 11 is 0. The second-order valence-electron chi connectivity index (χ2n) is 3.82. The van der Waals surface area contributed by atoms with Crippen LogP contribution in [-0.4, -0.2) is 39.2 Å². The molecule has 0 N–H and O–H groups in total. The maximum Gasteiger partial charge on any atom is 0.411 e. The van der Waals surface area contributed by atoms with E-state index in [-0.39, 0.29) is 13.2 Å². The third kappa shape index (κ3) is 9.47. The summed E-state index contributed by atoms with van der Waals surface area (Å²) in [6.07, 6.45) is -4.28. The van der Waals surface area contributed by atoms with Crippen molar-refractivity contribution in [3.05, 3.63) is 35.9 Å². The van der Waals surface area contributed by atoms with Crippen molar-refractivity contribution in [2.24, 2.45) is 0 Å². The Bertz CT molecular complexity index is 328. The number of benzene rings is 1. The van der Waals surface area contributed by atoms with Crippen molar-refractivity contribution in [3.8, 4) is 0 Å². The molecule has 0 spiro atoms. The lowest BCUT2D eigenvalue weighted by Crippen LogP contribution is -2.19. The van der Waals surface area contributed by atoms with Crippen LogP contribution in [0.15, 0.2) is 30.3 Å². The van der Waals surface area contributed by atoms with Gasteiger partial charge in [-0.25, -0.2) is 0 Å². The number of alkyl halides is 3. The van der Waals surface area contributed by atoms with Crippen LogP contribution in [0.3, 0.4) is 0 Å². The third-order valence-electron chi connectivity index (χ3n) is 2.12. The van der Waals surface area contributed by atoms with Gasteiger partial charge in [0.05, 0.1) is 33.0 Å². The Balaban J connectivity index is 1.87. The minimum Gasteiger partial charge on any atom is -0.377 e. The number of rotatable bonds is 9. The molecule has 1 rings (SSSR count). The average Bonchev–Trinajstić information content (AvgIpc) is 2.37. The molecule has 6 heteroatoms. The fourth-order valence-electron chi connectivity index (χ4n) is 1.29. The summed E-state index contributed by atoms with van der Waals surface area (Å²) in [5, 5.41) is 0. The number of hydrogen-bond acceptors (Lipinski definition) is 3. The number of halogens is 3. The first-order valence-corrected chi connectivity index (χ1v) is 5.92. The highest BCUT2D eigenvalue weighted by Crippen LogP contribution is 2.13. The van der Waals surface area contributed by atoms with E-state index < -0.39 is 12.8 Å². The fourth-order valence-corrected chi connectivity index (χ4v) is 1.29. The van der Waals surface area contributed by atoms with E-state index in [9.17, 15) is 13.2 Å². The van der Waals surface area contributed by atoms with Crippen LogP contribution >= 0.6 is 0 Å². The van der Waals surface area contributed by atoms with Crippen molar-refractivity contribution in [3.63, 3.8) is 0 Å². The lowest BCUT2D eigenvalue weighted by Gasteiger charge is -2.08. The molecule has 0 aliphatic carbocycles. The van der Waals surface area contributed by atoms with Crippen molar-refractivity contribution >= 4 is 0 Å². The van der Waals surface area contributed by atoms with E-state index in [2.05, 4.69) is 4.74 Å². The van der Waals surface area contributed by atoms with E-state index in [1.807, 2.05) is 30.3 Å². The fraction of sp³-hybridized carbons (Fsp3) is 0.538. The van der Waals surface area contributed by atoms with E-state index in [0.29, 0.717) is 19.8 Å². The van der Waals surface area contributed by atoms with Crippen LogP contribution in [-0.2, 0) is 20.8 Å². The van der Waals surface area contributed by atoms with Gasteiger partial charge in [-0.1, -0.05) is 30.3 Å². The van der Waals surface area contributed by atoms with Gasteiger partial charge in [0.2, 0.25) is 0 Å². The minimum atomic E-state index is -4.28. The Morgan fingerprint density at radius 1 is 0.789 bits per heavy atom. The predicted octanol–water partition coefficient (Wildman–Crippen LogP) is 2.80. The normalized spacial score (nSPS) is 11.7. The first-order valence-electron chi connectivity index (χ1n) is 5.92. The quantitative estimate of drug-likeness (QED) is 0.650. The SMILES string of the molecule is FC(F)(F)COCCOCCOCc1ccccc1. The lowest BCUT2D eigenvalue weighted by atomic mass is 10.2. The molecular weight excluding hydrogens is 261 g/mol. The molecule has 0 aromatic heterocycles. The Morgan fingerprint density at radius 3 is 2.00 bits per heavy atom. The molecule has 0 radical (unpaired) electrons. The number of hydrogen-bond donors (Lipinski definition) is 0. The van der Waals surface area contributed by atoms with Crippen molar-refractivity contribution < 1.29 is 27.4 Å². The lowest BCUT2D eigenvalue weighted by molar-refractivity contribution is -0.176. The highest BCUT2D eigenvalue weighted by molar-refractivity contribution is 5.13. The van der Waals surface area contributed by atoms with Gasteiger partial charge in [0.25, 0.3) is 0 Å². The average molecular weight is 278 g/mol. The maximum atomic E-state index is 11.7. The van der Waals surface area contributed by atoms with Crippen molar-refractivity contribution in [1.29, 1.82) is 0 Å². The van der Waals surface area contributed by atoms with Gasteiger partial charge in [-0.05, 0) is 5.56 Å². The van der Waals surface area contributed by atoms with Crippen molar-refractivity contribution in [2.75, 3.05) is 33.0 Å². The summed E-state index contributed by atoms with van der Waals surface area (Å²) in [5.41, 5.74) is 1.07. The molecule has 0 saturated carbocycles. The molecule has 19 heavy (non-hydrogen) atoms. The standard InChI is InChI=1S/C13H17F3O3/c14-13(15,16)11-19-9-7-17-6-8-18-10-12-4-2-1-3-5-12/h1-5H,6-11H2. The molecule has 0 aliphatic rings. The van der Waals surface area contributed by atoms with Crippen molar-refractivity contribution in [1.82, 2.24) is 0 Å². The van der Waals surface area contributed by atoms with Gasteiger partial charge in [0.1, 0.15) is 6.61 Å². The minimum absolute atomic E-state index is 0.0712. The van der Waals surface area contributed by atoms with E-state index in [0.717, 1.165) is 5.56 Å². The largest absolute Gasteiger partial charge is 0.411 e. The number of ether oxygens (including phenoxy) is 3. The van der Waals surface area contributed by atoms with Gasteiger partial charge in [-0.2, -0.15) is 13.2 Å². The van der Waals surface area contributed by atoms with Crippen LogP contribution in [0.25, 0.3) is 0 Å². The molecular formula is C13H17F3O3. The zero-order valence-corrected chi connectivity index (χ0v) is 10.5. The van der Waals surface area contributed by atoms with E-state index in [1.165, 1.54) is 0 Å². The Hall–Kier alpha value is -1.11. The highest BCUT2D eigenvalue weighted by Gasteiger charge is 2.27. The third-order valence-corrected chi connectivity index (χ3v) is 2.12. The molecule has 1 aromatic rings. The first-order chi connectivity index (χ1) is 9.08. The molecule has 0 heterocycles. The summed E-state index contributed by atoms with van der Waals surface area (Å²) < 4.78 is 49.9. The molecule has 0 unspecified atom stereocenters. The summed E-state index contributed by atoms with van der Waals surface area (Å²) in [7, 11) is 0. The predicted molar refractivity (Wildman–Crippen MR) is 63.8 cm³/mol. The van der Waals surface area contributed by atoms with E-state index in [4.69, 9.17) is 9.47 Å². The van der Waals surface area contributed by atoms with Gasteiger partial charge in [-0.15, -0.1) is 0 Å². The molecule has 0 amide bonds. The first kappa shape index (κ1) is 15.9. The zero-order chi connectivity index (χ0) is 14.0. The van der Waals surface area contributed by atoms with Crippen molar-refractivity contribution in [2.45, 2.75) is 12.8 Å². The second kappa shape index (κ2) is 8.90. The van der Waals surface area contributed by atoms with Gasteiger partial charge in [0, 0.05) is 0 Å². The molecule has 0 bridgehead atoms. The molecule has 0 aliphatic heterocycles. The van der Waals surface area contributed by atoms with Gasteiger partial charge in [0.15, 0.2) is 0 Å². The summed E-state index contributed by atoms with van der Waals surface area (Å²) in [4.78, 5) is 0. The Morgan fingerprint density at radius 2 is 1.37 bits per heavy atom. The topological polar surface area (TPSA) is 27.7 Å². The molecule has 1 aromatic carbocycles. The van der Waals surface area contributed by atoms with Gasteiger partial charge < -0.3 is 14.2 Å². The monoisotopic (exact) mass is 278 g/mol. The highest BCUT2D eigenvalue weighted by atomic mass is 19.4. The van der Waals surface area contributed by atoms with E-state index >= 15 is 0 Å². The Labute approximate surface area is 110 Å². The smallest absolute Gasteiger partial charge is 0.377 e. The maximum absolute atomic E-state index is 11.7. The molecule has 0 saturated heterocycles. The van der Waals surface area contributed by atoms with Gasteiger partial charge >= 0.3 is 6.18 Å². The molecule has 3 nitrogen and oxygen atoms in total. The van der Waals surface area contributed by atoms with Crippen LogP contribution in [0.2, 0.25) is 0 Å². The summed E-state index contributed by atoms with van der Waals surface area (Å²) in [5.74, 6) is 0. The van der Waals surface area contributed by atoms with Crippen LogP contribution < -0.4 is 0 Å². The van der Waals surface area contributed by atoms with Gasteiger partial charge in [-0.3, -0.25) is 0 Å².